The Bertz CT molecular complexity index is 426. The lowest BCUT2D eigenvalue weighted by molar-refractivity contribution is 0.251. The number of urea groups is 1. The molecule has 2 amide bonds. The monoisotopic (exact) mass is 217 g/mol. The zero-order valence-electron chi connectivity index (χ0n) is 9.05. The SMILES string of the molecule is O=C1NCc2ccc(NCC3CC3)cc2N1. The number of hydrogen-bond acceptors (Lipinski definition) is 2. The predicted molar refractivity (Wildman–Crippen MR) is 63.5 cm³/mol. The Kier molecular flexibility index (Phi) is 2.20. The number of amides is 2. The second kappa shape index (κ2) is 3.70. The highest BCUT2D eigenvalue weighted by Crippen LogP contribution is 2.30. The highest BCUT2D eigenvalue weighted by Gasteiger charge is 2.21. The van der Waals surface area contributed by atoms with Gasteiger partial charge < -0.3 is 16.0 Å². The van der Waals surface area contributed by atoms with Gasteiger partial charge in [-0.3, -0.25) is 0 Å². The molecule has 0 atom stereocenters. The van der Waals surface area contributed by atoms with Crippen LogP contribution in [-0.4, -0.2) is 12.6 Å². The van der Waals surface area contributed by atoms with Gasteiger partial charge >= 0.3 is 6.03 Å². The lowest BCUT2D eigenvalue weighted by atomic mass is 10.1. The van der Waals surface area contributed by atoms with Crippen LogP contribution in [0.4, 0.5) is 16.2 Å². The van der Waals surface area contributed by atoms with Crippen LogP contribution < -0.4 is 16.0 Å². The van der Waals surface area contributed by atoms with E-state index in [1.165, 1.54) is 12.8 Å². The first-order valence-corrected chi connectivity index (χ1v) is 5.73. The standard InChI is InChI=1S/C12H15N3O/c16-12-14-7-9-3-4-10(5-11(9)15-12)13-6-8-1-2-8/h3-5,8,13H,1-2,6-7H2,(H2,14,15,16). The zero-order valence-corrected chi connectivity index (χ0v) is 9.05. The van der Waals surface area contributed by atoms with E-state index in [0.29, 0.717) is 6.54 Å². The van der Waals surface area contributed by atoms with Gasteiger partial charge in [-0.2, -0.15) is 0 Å². The second-order valence-corrected chi connectivity index (χ2v) is 4.50. The van der Waals surface area contributed by atoms with E-state index in [9.17, 15) is 4.79 Å². The van der Waals surface area contributed by atoms with Crippen molar-refractivity contribution in [3.63, 3.8) is 0 Å². The van der Waals surface area contributed by atoms with Crippen molar-refractivity contribution < 1.29 is 4.79 Å². The van der Waals surface area contributed by atoms with Crippen LogP contribution in [0.1, 0.15) is 18.4 Å². The largest absolute Gasteiger partial charge is 0.385 e. The molecule has 0 unspecified atom stereocenters. The molecule has 1 fully saturated rings. The molecule has 0 spiro atoms. The van der Waals surface area contributed by atoms with Crippen LogP contribution in [0, 0.1) is 5.92 Å². The van der Waals surface area contributed by atoms with E-state index >= 15 is 0 Å². The molecule has 1 aromatic carbocycles. The zero-order chi connectivity index (χ0) is 11.0. The highest BCUT2D eigenvalue weighted by atomic mass is 16.2. The summed E-state index contributed by atoms with van der Waals surface area (Å²) >= 11 is 0. The maximum Gasteiger partial charge on any atom is 0.319 e. The molecule has 1 aliphatic carbocycles. The first-order chi connectivity index (χ1) is 7.81. The van der Waals surface area contributed by atoms with Gasteiger partial charge in [0.15, 0.2) is 0 Å². The van der Waals surface area contributed by atoms with Crippen LogP contribution in [0.3, 0.4) is 0 Å². The number of anilines is 2. The molecule has 3 rings (SSSR count). The molecule has 1 saturated carbocycles. The average Bonchev–Trinajstić information content (AvgIpc) is 3.09. The Labute approximate surface area is 94.4 Å². The fraction of sp³-hybridized carbons (Fsp3) is 0.417. The summed E-state index contributed by atoms with van der Waals surface area (Å²) in [6.07, 6.45) is 2.69. The van der Waals surface area contributed by atoms with Gasteiger partial charge in [0.25, 0.3) is 0 Å². The molecule has 0 aromatic heterocycles. The van der Waals surface area contributed by atoms with Crippen LogP contribution in [0.15, 0.2) is 18.2 Å². The van der Waals surface area contributed by atoms with Crippen LogP contribution >= 0.6 is 0 Å². The molecule has 3 N–H and O–H groups in total. The van der Waals surface area contributed by atoms with E-state index in [-0.39, 0.29) is 6.03 Å². The molecule has 1 heterocycles. The summed E-state index contributed by atoms with van der Waals surface area (Å²) < 4.78 is 0. The van der Waals surface area contributed by atoms with Gasteiger partial charge in [-0.15, -0.1) is 0 Å². The smallest absolute Gasteiger partial charge is 0.319 e. The number of hydrogen-bond donors (Lipinski definition) is 3. The maximum atomic E-state index is 11.2. The summed E-state index contributed by atoms with van der Waals surface area (Å²) in [5.41, 5.74) is 3.15. The molecule has 4 heteroatoms. The molecule has 4 nitrogen and oxygen atoms in total. The van der Waals surface area contributed by atoms with Gasteiger partial charge in [0.1, 0.15) is 0 Å². The summed E-state index contributed by atoms with van der Waals surface area (Å²) in [7, 11) is 0. The molecule has 1 aromatic rings. The highest BCUT2D eigenvalue weighted by molar-refractivity contribution is 5.92. The van der Waals surface area contributed by atoms with Gasteiger partial charge in [0.2, 0.25) is 0 Å². The Balaban J connectivity index is 1.74. The summed E-state index contributed by atoms with van der Waals surface area (Å²) in [4.78, 5) is 11.2. The van der Waals surface area contributed by atoms with Crippen molar-refractivity contribution >= 4 is 17.4 Å². The lowest BCUT2D eigenvalue weighted by Crippen LogP contribution is -2.33. The first-order valence-electron chi connectivity index (χ1n) is 5.73. The van der Waals surface area contributed by atoms with E-state index in [2.05, 4.69) is 28.1 Å². The minimum Gasteiger partial charge on any atom is -0.385 e. The van der Waals surface area contributed by atoms with Crippen molar-refractivity contribution in [3.8, 4) is 0 Å². The van der Waals surface area contributed by atoms with Crippen LogP contribution in [0.25, 0.3) is 0 Å². The third kappa shape index (κ3) is 1.96. The normalized spacial score (nSPS) is 18.4. The Hall–Kier alpha value is -1.71. The molecule has 2 aliphatic rings. The summed E-state index contributed by atoms with van der Waals surface area (Å²) in [5, 5.41) is 8.96. The average molecular weight is 217 g/mol. The summed E-state index contributed by atoms with van der Waals surface area (Å²) in [5.74, 6) is 0.854. The topological polar surface area (TPSA) is 53.2 Å². The van der Waals surface area contributed by atoms with Crippen LogP contribution in [-0.2, 0) is 6.54 Å². The number of benzene rings is 1. The molecule has 0 radical (unpaired) electrons. The van der Waals surface area contributed by atoms with Crippen molar-refractivity contribution in [1.82, 2.24) is 5.32 Å². The van der Waals surface area contributed by atoms with Gasteiger partial charge in [0, 0.05) is 24.5 Å². The Morgan fingerprint density at radius 1 is 1.38 bits per heavy atom. The number of rotatable bonds is 3. The van der Waals surface area contributed by atoms with E-state index in [4.69, 9.17) is 0 Å². The molecule has 84 valence electrons. The Morgan fingerprint density at radius 2 is 2.25 bits per heavy atom. The molecular weight excluding hydrogens is 202 g/mol. The van der Waals surface area contributed by atoms with Gasteiger partial charge in [0.05, 0.1) is 0 Å². The minimum absolute atomic E-state index is 0.119. The van der Waals surface area contributed by atoms with Crippen molar-refractivity contribution in [2.45, 2.75) is 19.4 Å². The Morgan fingerprint density at radius 3 is 3.06 bits per heavy atom. The molecule has 1 aliphatic heterocycles. The molecule has 16 heavy (non-hydrogen) atoms. The number of nitrogens with one attached hydrogen (secondary N) is 3. The van der Waals surface area contributed by atoms with Crippen molar-refractivity contribution in [3.05, 3.63) is 23.8 Å². The second-order valence-electron chi connectivity index (χ2n) is 4.50. The van der Waals surface area contributed by atoms with Crippen LogP contribution in [0.5, 0.6) is 0 Å². The fourth-order valence-corrected chi connectivity index (χ4v) is 1.88. The van der Waals surface area contributed by atoms with Crippen molar-refractivity contribution in [2.24, 2.45) is 5.92 Å². The van der Waals surface area contributed by atoms with Gasteiger partial charge in [-0.25, -0.2) is 4.79 Å². The third-order valence-corrected chi connectivity index (χ3v) is 3.09. The van der Waals surface area contributed by atoms with E-state index in [1.807, 2.05) is 6.07 Å². The number of fused-ring (bicyclic) bond motifs is 1. The summed E-state index contributed by atoms with van der Waals surface area (Å²) in [6, 6.07) is 6.01. The fourth-order valence-electron chi connectivity index (χ4n) is 1.88. The molecule has 0 bridgehead atoms. The van der Waals surface area contributed by atoms with Gasteiger partial charge in [-0.05, 0) is 36.5 Å². The van der Waals surface area contributed by atoms with E-state index in [0.717, 1.165) is 29.4 Å². The number of carbonyl (C=O) groups is 1. The first kappa shape index (κ1) is 9.51. The van der Waals surface area contributed by atoms with E-state index in [1.54, 1.807) is 0 Å². The molecule has 0 saturated heterocycles. The minimum atomic E-state index is -0.119. The number of carbonyl (C=O) groups excluding carboxylic acids is 1. The maximum absolute atomic E-state index is 11.2. The lowest BCUT2D eigenvalue weighted by Gasteiger charge is -2.19. The third-order valence-electron chi connectivity index (χ3n) is 3.09. The van der Waals surface area contributed by atoms with Crippen molar-refractivity contribution in [2.75, 3.05) is 17.2 Å². The molecular formula is C12H15N3O. The predicted octanol–water partition coefficient (Wildman–Crippen LogP) is 2.14. The summed E-state index contributed by atoms with van der Waals surface area (Å²) in [6.45, 7) is 1.66. The quantitative estimate of drug-likeness (QED) is 0.726. The van der Waals surface area contributed by atoms with E-state index < -0.39 is 0 Å². The van der Waals surface area contributed by atoms with Crippen molar-refractivity contribution in [1.29, 1.82) is 0 Å². The van der Waals surface area contributed by atoms with Crippen LogP contribution in [0.2, 0.25) is 0 Å². The van der Waals surface area contributed by atoms with Gasteiger partial charge in [-0.1, -0.05) is 6.07 Å².